The van der Waals surface area contributed by atoms with E-state index in [1.165, 1.54) is 12.0 Å². The van der Waals surface area contributed by atoms with Gasteiger partial charge in [0.2, 0.25) is 0 Å². The molecule has 2 aliphatic rings. The fourth-order valence-corrected chi connectivity index (χ4v) is 3.71. The molecule has 0 saturated heterocycles. The molecule has 0 bridgehead atoms. The molecule has 1 saturated carbocycles. The fraction of sp³-hybridized carbons (Fsp3) is 0.444. The van der Waals surface area contributed by atoms with Gasteiger partial charge < -0.3 is 9.47 Å². The highest BCUT2D eigenvalue weighted by Gasteiger charge is 2.75. The summed E-state index contributed by atoms with van der Waals surface area (Å²) < 4.78 is 11.4. The second kappa shape index (κ2) is 5.62. The summed E-state index contributed by atoms with van der Waals surface area (Å²) in [5.41, 5.74) is -0.615. The van der Waals surface area contributed by atoms with Gasteiger partial charge in [0.25, 0.3) is 0 Å². The molecule has 1 aliphatic carbocycles. The van der Waals surface area contributed by atoms with Crippen molar-refractivity contribution in [3.63, 3.8) is 0 Å². The van der Waals surface area contributed by atoms with Crippen LogP contribution >= 0.6 is 15.9 Å². The van der Waals surface area contributed by atoms with E-state index in [9.17, 15) is 9.59 Å². The highest BCUT2D eigenvalue weighted by molar-refractivity contribution is 9.10. The smallest absolute Gasteiger partial charge is 0.414 e. The number of fused-ring (bicyclic) bond motifs is 1. The van der Waals surface area contributed by atoms with Crippen LogP contribution in [0.1, 0.15) is 26.3 Å². The molecule has 1 aromatic carbocycles. The van der Waals surface area contributed by atoms with Crippen LogP contribution in [0.4, 0.5) is 4.79 Å². The molecular formula is C18H20BrNO4. The molecule has 0 radical (unpaired) electrons. The number of methoxy groups -OCH3 is 1. The molecule has 0 spiro atoms. The Labute approximate surface area is 149 Å². The number of hydrogen-bond acceptors (Lipinski definition) is 4. The van der Waals surface area contributed by atoms with Crippen LogP contribution in [0.2, 0.25) is 0 Å². The zero-order valence-corrected chi connectivity index (χ0v) is 15.7. The molecule has 1 fully saturated rings. The Morgan fingerprint density at radius 2 is 1.83 bits per heavy atom. The van der Waals surface area contributed by atoms with Gasteiger partial charge in [-0.3, -0.25) is 9.69 Å². The van der Waals surface area contributed by atoms with E-state index < -0.39 is 17.1 Å². The summed E-state index contributed by atoms with van der Waals surface area (Å²) in [6, 6.07) is 7.24. The molecule has 0 unspecified atom stereocenters. The normalized spacial score (nSPS) is 27.6. The number of rotatable bonds is 2. The van der Waals surface area contributed by atoms with E-state index in [-0.39, 0.29) is 17.9 Å². The summed E-state index contributed by atoms with van der Waals surface area (Å²) in [6.45, 7) is 5.45. The Kier molecular flexibility index (Phi) is 3.98. The van der Waals surface area contributed by atoms with E-state index in [0.717, 1.165) is 10.0 Å². The standard InChI is InChI=1S/C18H20BrNO4/c1-17(2,3)24-16(22)20-10-9-13-14(20)18(13,15(21)23-4)11-5-7-12(19)8-6-11/h5-10,13-14H,1-4H3/t13-,14+,18+/m0/s1. The molecule has 24 heavy (non-hydrogen) atoms. The van der Waals surface area contributed by atoms with Crippen LogP contribution in [0.5, 0.6) is 0 Å². The van der Waals surface area contributed by atoms with Crippen molar-refractivity contribution < 1.29 is 19.1 Å². The third kappa shape index (κ3) is 2.53. The van der Waals surface area contributed by atoms with E-state index in [1.54, 1.807) is 6.20 Å². The summed E-state index contributed by atoms with van der Waals surface area (Å²) in [5, 5.41) is 0. The van der Waals surface area contributed by atoms with Crippen LogP contribution in [-0.4, -0.2) is 35.7 Å². The van der Waals surface area contributed by atoms with Gasteiger partial charge in [-0.1, -0.05) is 34.1 Å². The maximum atomic E-state index is 12.6. The minimum atomic E-state index is -0.860. The van der Waals surface area contributed by atoms with Gasteiger partial charge in [-0.2, -0.15) is 0 Å². The minimum Gasteiger partial charge on any atom is -0.468 e. The van der Waals surface area contributed by atoms with Crippen LogP contribution < -0.4 is 0 Å². The number of ether oxygens (including phenoxy) is 2. The van der Waals surface area contributed by atoms with Crippen LogP contribution in [-0.2, 0) is 19.7 Å². The quantitative estimate of drug-likeness (QED) is 0.719. The van der Waals surface area contributed by atoms with Gasteiger partial charge in [-0.25, -0.2) is 4.79 Å². The molecule has 1 amide bonds. The summed E-state index contributed by atoms with van der Waals surface area (Å²) in [4.78, 5) is 26.6. The molecule has 1 aliphatic heterocycles. The van der Waals surface area contributed by atoms with E-state index in [0.29, 0.717) is 0 Å². The van der Waals surface area contributed by atoms with Crippen molar-refractivity contribution in [1.29, 1.82) is 0 Å². The SMILES string of the molecule is COC(=O)[C@]1(c2ccc(Br)cc2)[C@H]2C=CN(C(=O)OC(C)(C)C)[C@H]21. The second-order valence-corrected chi connectivity index (χ2v) is 7.98. The maximum Gasteiger partial charge on any atom is 0.414 e. The summed E-state index contributed by atoms with van der Waals surface area (Å²) >= 11 is 3.40. The van der Waals surface area contributed by atoms with Crippen molar-refractivity contribution in [2.24, 2.45) is 5.92 Å². The van der Waals surface area contributed by atoms with Crippen molar-refractivity contribution in [3.8, 4) is 0 Å². The van der Waals surface area contributed by atoms with Gasteiger partial charge in [0.1, 0.15) is 11.0 Å². The minimum absolute atomic E-state index is 0.0985. The van der Waals surface area contributed by atoms with Crippen molar-refractivity contribution in [2.45, 2.75) is 37.8 Å². The highest BCUT2D eigenvalue weighted by atomic mass is 79.9. The average molecular weight is 394 g/mol. The van der Waals surface area contributed by atoms with Crippen LogP contribution in [0, 0.1) is 5.92 Å². The molecule has 1 heterocycles. The number of benzene rings is 1. The molecule has 6 heteroatoms. The third-order valence-electron chi connectivity index (χ3n) is 4.43. The van der Waals surface area contributed by atoms with Crippen LogP contribution in [0.15, 0.2) is 41.0 Å². The lowest BCUT2D eigenvalue weighted by atomic mass is 9.91. The van der Waals surface area contributed by atoms with Crippen molar-refractivity contribution >= 4 is 28.0 Å². The van der Waals surface area contributed by atoms with Gasteiger partial charge in [-0.15, -0.1) is 0 Å². The van der Waals surface area contributed by atoms with E-state index in [1.807, 2.05) is 51.1 Å². The van der Waals surface area contributed by atoms with E-state index in [4.69, 9.17) is 9.47 Å². The Hall–Kier alpha value is -1.82. The Balaban J connectivity index is 1.94. The zero-order chi connectivity index (χ0) is 17.7. The summed E-state index contributed by atoms with van der Waals surface area (Å²) in [7, 11) is 1.37. The number of carbonyl (C=O) groups excluding carboxylic acids is 2. The average Bonchev–Trinajstić information content (AvgIpc) is 2.94. The van der Waals surface area contributed by atoms with E-state index >= 15 is 0 Å². The largest absolute Gasteiger partial charge is 0.468 e. The first-order valence-corrected chi connectivity index (χ1v) is 8.55. The third-order valence-corrected chi connectivity index (χ3v) is 4.96. The molecular weight excluding hydrogens is 374 g/mol. The predicted octanol–water partition coefficient (Wildman–Crippen LogP) is 3.62. The van der Waals surface area contributed by atoms with Gasteiger partial charge in [0.05, 0.1) is 13.2 Å². The topological polar surface area (TPSA) is 55.8 Å². The lowest BCUT2D eigenvalue weighted by Crippen LogP contribution is -2.39. The lowest BCUT2D eigenvalue weighted by molar-refractivity contribution is -0.144. The van der Waals surface area contributed by atoms with Gasteiger partial charge in [0, 0.05) is 16.6 Å². The molecule has 0 aromatic heterocycles. The number of nitrogens with zero attached hydrogens (tertiary/aromatic N) is 1. The first-order valence-electron chi connectivity index (χ1n) is 7.76. The Morgan fingerprint density at radius 3 is 2.38 bits per heavy atom. The monoisotopic (exact) mass is 393 g/mol. The Bertz CT molecular complexity index is 707. The van der Waals surface area contributed by atoms with Gasteiger partial charge >= 0.3 is 12.1 Å². The molecule has 128 valence electrons. The molecule has 5 nitrogen and oxygen atoms in total. The number of halogens is 1. The molecule has 0 N–H and O–H groups in total. The summed E-state index contributed by atoms with van der Waals surface area (Å²) in [5.74, 6) is -0.434. The molecule has 1 aromatic rings. The van der Waals surface area contributed by atoms with Crippen LogP contribution in [0.3, 0.4) is 0 Å². The molecule has 3 rings (SSSR count). The van der Waals surface area contributed by atoms with Gasteiger partial charge in [-0.05, 0) is 38.5 Å². The van der Waals surface area contributed by atoms with Crippen molar-refractivity contribution in [1.82, 2.24) is 4.90 Å². The van der Waals surface area contributed by atoms with E-state index in [2.05, 4.69) is 15.9 Å². The first-order chi connectivity index (χ1) is 11.2. The number of esters is 1. The van der Waals surface area contributed by atoms with Crippen LogP contribution in [0.25, 0.3) is 0 Å². The number of hydrogen-bond donors (Lipinski definition) is 0. The number of amides is 1. The van der Waals surface area contributed by atoms with Crippen molar-refractivity contribution in [2.75, 3.05) is 7.11 Å². The zero-order valence-electron chi connectivity index (χ0n) is 14.1. The van der Waals surface area contributed by atoms with Gasteiger partial charge in [0.15, 0.2) is 0 Å². The second-order valence-electron chi connectivity index (χ2n) is 7.07. The Morgan fingerprint density at radius 1 is 1.21 bits per heavy atom. The maximum absolute atomic E-state index is 12.6. The van der Waals surface area contributed by atoms with Crippen molar-refractivity contribution in [3.05, 3.63) is 46.6 Å². The number of carbonyl (C=O) groups is 2. The fourth-order valence-electron chi connectivity index (χ4n) is 3.44. The highest BCUT2D eigenvalue weighted by Crippen LogP contribution is 2.61. The predicted molar refractivity (Wildman–Crippen MR) is 92.3 cm³/mol. The molecule has 3 atom stereocenters. The summed E-state index contributed by atoms with van der Waals surface area (Å²) in [6.07, 6.45) is 3.13. The lowest BCUT2D eigenvalue weighted by Gasteiger charge is -2.27. The first kappa shape index (κ1) is 17.0.